The number of thiophene rings is 1. The van der Waals surface area contributed by atoms with Gasteiger partial charge in [-0.3, -0.25) is 9.59 Å². The van der Waals surface area contributed by atoms with E-state index in [0.29, 0.717) is 21.7 Å². The number of nitrogens with zero attached hydrogens (tertiary/aromatic N) is 2. The molecule has 0 atom stereocenters. The zero-order valence-corrected chi connectivity index (χ0v) is 16.2. The molecule has 0 unspecified atom stereocenters. The highest BCUT2D eigenvalue weighted by Gasteiger charge is 2.27. The number of hydrogen-bond donors (Lipinski definition) is 2. The molecule has 4 rings (SSSR count). The summed E-state index contributed by atoms with van der Waals surface area (Å²) in [6.45, 7) is 0. The molecule has 6 nitrogen and oxygen atoms in total. The van der Waals surface area contributed by atoms with Gasteiger partial charge < -0.3 is 10.6 Å². The predicted molar refractivity (Wildman–Crippen MR) is 112 cm³/mol. The number of benzene rings is 2. The number of amides is 2. The zero-order valence-electron chi connectivity index (χ0n) is 15.3. The molecule has 0 saturated carbocycles. The van der Waals surface area contributed by atoms with E-state index in [9.17, 15) is 19.2 Å². The molecule has 0 saturated heterocycles. The van der Waals surface area contributed by atoms with Crippen molar-refractivity contribution in [2.45, 2.75) is 0 Å². The van der Waals surface area contributed by atoms with Gasteiger partial charge in [0.2, 0.25) is 0 Å². The number of fused-ring (bicyclic) bond motifs is 1. The Morgan fingerprint density at radius 3 is 2.37 bits per heavy atom. The van der Waals surface area contributed by atoms with Crippen LogP contribution < -0.4 is 10.6 Å². The minimum atomic E-state index is -0.677. The van der Waals surface area contributed by atoms with Gasteiger partial charge in [0, 0.05) is 16.8 Å². The summed E-state index contributed by atoms with van der Waals surface area (Å²) in [4.78, 5) is 30.0. The average Bonchev–Trinajstić information content (AvgIpc) is 3.40. The third-order valence-corrected chi connectivity index (χ3v) is 5.18. The highest BCUT2D eigenvalue weighted by atomic mass is 32.1. The fourth-order valence-corrected chi connectivity index (χ4v) is 3.55. The first kappa shape index (κ1) is 19.2. The van der Waals surface area contributed by atoms with E-state index in [1.54, 1.807) is 41.8 Å². The molecule has 1 aromatic heterocycles. The van der Waals surface area contributed by atoms with Crippen molar-refractivity contribution in [3.8, 4) is 6.07 Å². The molecule has 0 bridgehead atoms. The maximum absolute atomic E-state index is 13.1. The molecule has 0 aliphatic carbocycles. The number of hydrogen-bond acceptors (Lipinski definition) is 5. The normalized spacial score (nSPS) is 13.7. The van der Waals surface area contributed by atoms with Crippen LogP contribution in [0.4, 0.5) is 10.1 Å². The Morgan fingerprint density at radius 1 is 0.967 bits per heavy atom. The van der Waals surface area contributed by atoms with Crippen LogP contribution in [0.1, 0.15) is 20.8 Å². The van der Waals surface area contributed by atoms with Gasteiger partial charge in [0.05, 0.1) is 10.6 Å². The molecule has 2 aromatic carbocycles. The summed E-state index contributed by atoms with van der Waals surface area (Å²) < 4.78 is 13.1. The average molecular weight is 416 g/mol. The van der Waals surface area contributed by atoms with Crippen molar-refractivity contribution < 1.29 is 14.0 Å². The van der Waals surface area contributed by atoms with Crippen molar-refractivity contribution in [2.75, 3.05) is 5.32 Å². The van der Waals surface area contributed by atoms with Gasteiger partial charge in [0.15, 0.2) is 0 Å². The van der Waals surface area contributed by atoms with Crippen LogP contribution in [0.2, 0.25) is 0 Å². The van der Waals surface area contributed by atoms with Crippen LogP contribution in [-0.4, -0.2) is 17.6 Å². The Kier molecular flexibility index (Phi) is 5.20. The first-order valence-electron chi connectivity index (χ1n) is 8.81. The van der Waals surface area contributed by atoms with E-state index in [-0.39, 0.29) is 23.0 Å². The van der Waals surface area contributed by atoms with Crippen molar-refractivity contribution in [1.29, 1.82) is 5.26 Å². The summed E-state index contributed by atoms with van der Waals surface area (Å²) in [7, 11) is 0. The van der Waals surface area contributed by atoms with Crippen molar-refractivity contribution in [3.63, 3.8) is 0 Å². The third-order valence-electron chi connectivity index (χ3n) is 4.32. The molecule has 1 aliphatic heterocycles. The lowest BCUT2D eigenvalue weighted by atomic mass is 10.0. The van der Waals surface area contributed by atoms with Gasteiger partial charge >= 0.3 is 0 Å². The Labute approximate surface area is 175 Å². The van der Waals surface area contributed by atoms with Crippen LogP contribution >= 0.6 is 11.3 Å². The molecule has 2 heterocycles. The fourth-order valence-electron chi connectivity index (χ4n) is 2.93. The molecule has 3 aromatic rings. The molecular formula is C22H13FN4O2S. The van der Waals surface area contributed by atoms with Gasteiger partial charge in [-0.15, -0.1) is 11.3 Å². The largest absolute Gasteiger partial charge is 0.321 e. The van der Waals surface area contributed by atoms with E-state index >= 15 is 0 Å². The number of nitriles is 1. The molecule has 1 aliphatic rings. The number of amidine groups is 1. The standard InChI is InChI=1S/C22H13FN4O2S/c23-13-7-9-14(10-8-13)25-21(28)17(12-24)19-15-4-1-2-5-16(15)20(26-19)27-22(29)18-6-3-11-30-18/h1-11H,(H,25,28)(H,26,27,29). The molecule has 30 heavy (non-hydrogen) atoms. The van der Waals surface area contributed by atoms with Crippen LogP contribution in [0.5, 0.6) is 0 Å². The molecule has 8 heteroatoms. The second-order valence-corrected chi connectivity index (χ2v) is 7.18. The maximum Gasteiger partial charge on any atom is 0.268 e. The number of carbonyl (C=O) groups is 2. The van der Waals surface area contributed by atoms with Gasteiger partial charge in [-0.05, 0) is 35.7 Å². The second-order valence-electron chi connectivity index (χ2n) is 6.23. The first-order chi connectivity index (χ1) is 14.6. The lowest BCUT2D eigenvalue weighted by Gasteiger charge is -2.06. The lowest BCUT2D eigenvalue weighted by Crippen LogP contribution is -2.29. The highest BCUT2D eigenvalue weighted by molar-refractivity contribution is 7.12. The summed E-state index contributed by atoms with van der Waals surface area (Å²) in [5.74, 6) is -1.17. The summed E-state index contributed by atoms with van der Waals surface area (Å²) in [5.41, 5.74) is 1.46. The summed E-state index contributed by atoms with van der Waals surface area (Å²) in [5, 5.41) is 16.7. The van der Waals surface area contributed by atoms with Gasteiger partial charge in [-0.1, -0.05) is 30.3 Å². The third kappa shape index (κ3) is 3.74. The zero-order chi connectivity index (χ0) is 21.1. The monoisotopic (exact) mass is 416 g/mol. The van der Waals surface area contributed by atoms with Crippen LogP contribution in [0.15, 0.2) is 76.6 Å². The van der Waals surface area contributed by atoms with Crippen molar-refractivity contribution >= 4 is 40.4 Å². The first-order valence-corrected chi connectivity index (χ1v) is 9.69. The van der Waals surface area contributed by atoms with Crippen LogP contribution in [0.25, 0.3) is 5.70 Å². The summed E-state index contributed by atoms with van der Waals surface area (Å²) in [6, 6.07) is 17.6. The highest BCUT2D eigenvalue weighted by Crippen LogP contribution is 2.31. The Morgan fingerprint density at radius 2 is 1.70 bits per heavy atom. The second kappa shape index (κ2) is 8.11. The Balaban J connectivity index is 1.69. The molecule has 146 valence electrons. The molecule has 2 N–H and O–H groups in total. The molecule has 0 spiro atoms. The minimum absolute atomic E-state index is 0.161. The van der Waals surface area contributed by atoms with Crippen molar-refractivity contribution in [3.05, 3.63) is 93.4 Å². The quantitative estimate of drug-likeness (QED) is 0.500. The van der Waals surface area contributed by atoms with E-state index in [1.165, 1.54) is 35.6 Å². The smallest absolute Gasteiger partial charge is 0.268 e. The van der Waals surface area contributed by atoms with Crippen LogP contribution in [0.3, 0.4) is 0 Å². The SMILES string of the molecule is N#CC(C(=O)Nc1ccc(F)cc1)=C1N=C(NC(=O)c2cccs2)c2ccccc21. The number of anilines is 1. The van der Waals surface area contributed by atoms with E-state index in [4.69, 9.17) is 0 Å². The summed E-state index contributed by atoms with van der Waals surface area (Å²) >= 11 is 1.29. The molecular weight excluding hydrogens is 403 g/mol. The minimum Gasteiger partial charge on any atom is -0.321 e. The van der Waals surface area contributed by atoms with E-state index < -0.39 is 11.7 Å². The number of rotatable bonds is 3. The Bertz CT molecular complexity index is 1240. The number of aliphatic imine (C=N–C) groups is 1. The number of carbonyl (C=O) groups excluding carboxylic acids is 2. The molecule has 0 fully saturated rings. The fraction of sp³-hybridized carbons (Fsp3) is 0. The van der Waals surface area contributed by atoms with E-state index in [0.717, 1.165) is 0 Å². The molecule has 0 radical (unpaired) electrons. The van der Waals surface area contributed by atoms with Crippen LogP contribution in [0, 0.1) is 17.1 Å². The topological polar surface area (TPSA) is 94.3 Å². The van der Waals surface area contributed by atoms with Gasteiger partial charge in [0.25, 0.3) is 11.8 Å². The van der Waals surface area contributed by atoms with Crippen molar-refractivity contribution in [2.24, 2.45) is 4.99 Å². The number of nitrogens with one attached hydrogen (secondary N) is 2. The van der Waals surface area contributed by atoms with Gasteiger partial charge in [-0.25, -0.2) is 9.38 Å². The van der Waals surface area contributed by atoms with E-state index in [1.807, 2.05) is 6.07 Å². The Hall–Kier alpha value is -4.09. The van der Waals surface area contributed by atoms with Crippen LogP contribution in [-0.2, 0) is 4.79 Å². The van der Waals surface area contributed by atoms with E-state index in [2.05, 4.69) is 15.6 Å². The lowest BCUT2D eigenvalue weighted by molar-refractivity contribution is -0.112. The van der Waals surface area contributed by atoms with Gasteiger partial charge in [-0.2, -0.15) is 5.26 Å². The predicted octanol–water partition coefficient (Wildman–Crippen LogP) is 3.95. The van der Waals surface area contributed by atoms with Gasteiger partial charge in [0.1, 0.15) is 23.3 Å². The maximum atomic E-state index is 13.1. The van der Waals surface area contributed by atoms with Crippen molar-refractivity contribution in [1.82, 2.24) is 5.32 Å². The number of halogens is 1. The molecule has 2 amide bonds. The summed E-state index contributed by atoms with van der Waals surface area (Å²) in [6.07, 6.45) is 0.